The molecule has 0 spiro atoms. The zero-order valence-electron chi connectivity index (χ0n) is 28.2. The Balaban J connectivity index is 1.47. The summed E-state index contributed by atoms with van der Waals surface area (Å²) < 4.78 is 0. The van der Waals surface area contributed by atoms with Crippen LogP contribution in [0.3, 0.4) is 0 Å². The third-order valence-corrected chi connectivity index (χ3v) is 14.6. The van der Waals surface area contributed by atoms with Crippen molar-refractivity contribution >= 4 is 23.3 Å². The van der Waals surface area contributed by atoms with E-state index >= 15 is 0 Å². The molecule has 3 saturated carbocycles. The van der Waals surface area contributed by atoms with E-state index < -0.39 is 11.9 Å². The first kappa shape index (κ1) is 30.6. The quantitative estimate of drug-likeness (QED) is 0.287. The molecule has 0 aliphatic heterocycles. The Hall–Kier alpha value is -3.09. The van der Waals surface area contributed by atoms with Crippen molar-refractivity contribution in [1.29, 1.82) is 0 Å². The van der Waals surface area contributed by atoms with Crippen molar-refractivity contribution < 1.29 is 14.7 Å². The molecule has 8 atom stereocenters. The number of nitrogen functional groups attached to an aromatic ring is 1. The van der Waals surface area contributed by atoms with Crippen molar-refractivity contribution in [2.45, 2.75) is 105 Å². The number of aliphatic carboxylic acids is 1. The van der Waals surface area contributed by atoms with Crippen LogP contribution in [0.2, 0.25) is 0 Å². The van der Waals surface area contributed by atoms with E-state index in [2.05, 4.69) is 64.7 Å². The number of fused-ring (bicyclic) bond motifs is 8. The maximum Gasteiger partial charge on any atom is 0.306 e. The normalized spacial score (nSPS) is 39.5. The van der Waals surface area contributed by atoms with Crippen LogP contribution in [0.1, 0.15) is 121 Å². The summed E-state index contributed by atoms with van der Waals surface area (Å²) in [5.74, 6) is 0.376. The van der Waals surface area contributed by atoms with E-state index in [9.17, 15) is 14.7 Å². The minimum Gasteiger partial charge on any atom is -0.481 e. The highest BCUT2D eigenvalue weighted by atomic mass is 16.4. The topological polar surface area (TPSA) is 135 Å². The predicted octanol–water partition coefficient (Wildman–Crippen LogP) is 7.37. The number of carboxylic acids is 1. The van der Waals surface area contributed by atoms with Gasteiger partial charge in [0.15, 0.2) is 0 Å². The first-order valence-electron chi connectivity index (χ1n) is 17.1. The van der Waals surface area contributed by atoms with Crippen molar-refractivity contribution in [3.63, 3.8) is 0 Å². The van der Waals surface area contributed by atoms with Gasteiger partial charge in [-0.05, 0) is 120 Å². The molecule has 242 valence electrons. The van der Waals surface area contributed by atoms with E-state index in [-0.39, 0.29) is 44.8 Å². The lowest BCUT2D eigenvalue weighted by atomic mass is 9.33. The summed E-state index contributed by atoms with van der Waals surface area (Å²) in [6.07, 6.45) is 7.74. The lowest BCUT2D eigenvalue weighted by molar-refractivity contribution is -0.161. The van der Waals surface area contributed by atoms with Gasteiger partial charge in [-0.15, -0.1) is 0 Å². The number of H-pyrrole nitrogens is 1. The molecule has 3 fully saturated rings. The number of allylic oxidation sites excluding steroid dienone is 2. The number of benzene rings is 1. The predicted molar refractivity (Wildman–Crippen MR) is 177 cm³/mol. The SMILES string of the molecule is CC1(C)CC2C3=C(c4cccc(C(N)=O)c4)CC4[C@@]5(C)Cc6c(N)n[nH]c6C(C)(C)C5CC[C@@]4(C)[C@]3(C)CC[C@@H]2[C@H](C(=O)O)C1. The fourth-order valence-corrected chi connectivity index (χ4v) is 12.6. The Morgan fingerprint density at radius 3 is 2.42 bits per heavy atom. The maximum atomic E-state index is 12.8. The van der Waals surface area contributed by atoms with Gasteiger partial charge in [-0.2, -0.15) is 5.10 Å². The van der Waals surface area contributed by atoms with Gasteiger partial charge in [0.25, 0.3) is 0 Å². The van der Waals surface area contributed by atoms with Gasteiger partial charge in [-0.1, -0.05) is 66.2 Å². The highest BCUT2D eigenvalue weighted by Gasteiger charge is 2.68. The van der Waals surface area contributed by atoms with Crippen LogP contribution in [0.4, 0.5) is 5.82 Å². The number of aromatic amines is 1. The van der Waals surface area contributed by atoms with Crippen LogP contribution in [0.5, 0.6) is 0 Å². The first-order chi connectivity index (χ1) is 20.9. The molecule has 1 amide bonds. The number of nitrogens with one attached hydrogen (secondary N) is 1. The number of aromatic nitrogens is 2. The van der Waals surface area contributed by atoms with Crippen LogP contribution in [-0.2, 0) is 16.6 Å². The Kier molecular flexibility index (Phi) is 6.44. The summed E-state index contributed by atoms with van der Waals surface area (Å²) in [4.78, 5) is 25.2. The van der Waals surface area contributed by atoms with Crippen LogP contribution in [0.15, 0.2) is 29.8 Å². The maximum absolute atomic E-state index is 12.8. The van der Waals surface area contributed by atoms with Crippen LogP contribution in [-0.4, -0.2) is 27.2 Å². The fourth-order valence-electron chi connectivity index (χ4n) is 12.6. The Morgan fingerprint density at radius 2 is 1.73 bits per heavy atom. The van der Waals surface area contributed by atoms with E-state index in [4.69, 9.17) is 11.5 Å². The van der Waals surface area contributed by atoms with E-state index in [0.717, 1.165) is 56.9 Å². The van der Waals surface area contributed by atoms with Crippen LogP contribution in [0, 0.1) is 51.2 Å². The second-order valence-electron chi connectivity index (χ2n) is 17.6. The second-order valence-corrected chi connectivity index (χ2v) is 17.6. The van der Waals surface area contributed by atoms with Gasteiger partial charge >= 0.3 is 5.97 Å². The van der Waals surface area contributed by atoms with Gasteiger partial charge in [0.05, 0.1) is 5.92 Å². The van der Waals surface area contributed by atoms with Gasteiger partial charge in [0, 0.05) is 22.2 Å². The molecular formula is C38H52N4O3. The van der Waals surface area contributed by atoms with Crippen LogP contribution in [0.25, 0.3) is 5.57 Å². The summed E-state index contributed by atoms with van der Waals surface area (Å²) >= 11 is 0. The zero-order valence-corrected chi connectivity index (χ0v) is 28.2. The van der Waals surface area contributed by atoms with Crippen molar-refractivity contribution in [3.8, 4) is 0 Å². The van der Waals surface area contributed by atoms with Crippen molar-refractivity contribution in [2.24, 2.45) is 57.0 Å². The number of carboxylic acid groups (broad SMARTS) is 1. The lowest BCUT2D eigenvalue weighted by Crippen LogP contribution is -2.64. The summed E-state index contributed by atoms with van der Waals surface area (Å²) in [6.45, 7) is 16.9. The number of hydrogen-bond donors (Lipinski definition) is 4. The van der Waals surface area contributed by atoms with Gasteiger partial charge < -0.3 is 16.6 Å². The first-order valence-corrected chi connectivity index (χ1v) is 17.1. The van der Waals surface area contributed by atoms with Crippen LogP contribution < -0.4 is 11.5 Å². The molecule has 45 heavy (non-hydrogen) atoms. The van der Waals surface area contributed by atoms with Gasteiger partial charge in [-0.3, -0.25) is 14.7 Å². The average molecular weight is 613 g/mol. The Bertz CT molecular complexity index is 1630. The number of nitrogens with zero attached hydrogens (tertiary/aromatic N) is 1. The van der Waals surface area contributed by atoms with E-state index in [0.29, 0.717) is 23.2 Å². The zero-order chi connectivity index (χ0) is 32.5. The Morgan fingerprint density at radius 1 is 1.00 bits per heavy atom. The lowest BCUT2D eigenvalue weighted by Gasteiger charge is -2.70. The monoisotopic (exact) mass is 612 g/mol. The van der Waals surface area contributed by atoms with E-state index in [1.807, 2.05) is 18.2 Å². The molecule has 1 aromatic heterocycles. The molecule has 2 aromatic rings. The number of primary amides is 1. The number of nitrogens with two attached hydrogens (primary N) is 2. The fraction of sp³-hybridized carbons (Fsp3) is 0.658. The van der Waals surface area contributed by atoms with Crippen molar-refractivity contribution in [1.82, 2.24) is 10.2 Å². The standard InChI is InChI=1S/C38H52N4O3/c1-34(2)17-24-22(25(18-34)33(44)45)11-13-38(7)29(24)23(20-9-8-10-21(15-20)32(40)43)16-28-36(5)19-26-30(41-42-31(26)39)35(3,4)27(36)12-14-37(28,38)6/h8-10,15,22,24-25,27-28H,11-14,16-19H2,1-7H3,(H2,40,43)(H,44,45)(H3,39,41,42)/t22-,24?,25+,27?,28?,36-,37+,38+/m0/s1. The molecule has 1 heterocycles. The van der Waals surface area contributed by atoms with Gasteiger partial charge in [-0.25, -0.2) is 0 Å². The third-order valence-electron chi connectivity index (χ3n) is 14.6. The molecule has 5 aliphatic rings. The van der Waals surface area contributed by atoms with Crippen molar-refractivity contribution in [2.75, 3.05) is 5.73 Å². The van der Waals surface area contributed by atoms with Crippen molar-refractivity contribution in [3.05, 3.63) is 52.2 Å². The Labute approximate surface area is 268 Å². The molecule has 0 saturated heterocycles. The molecule has 1 aromatic carbocycles. The highest BCUT2D eigenvalue weighted by Crippen LogP contribution is 2.76. The molecular weight excluding hydrogens is 560 g/mol. The second kappa shape index (κ2) is 9.48. The molecule has 0 bridgehead atoms. The highest BCUT2D eigenvalue weighted by molar-refractivity contribution is 5.94. The molecule has 7 nitrogen and oxygen atoms in total. The van der Waals surface area contributed by atoms with E-state index in [1.54, 1.807) is 0 Å². The summed E-state index contributed by atoms with van der Waals surface area (Å²) in [5, 5.41) is 18.3. The average Bonchev–Trinajstić information content (AvgIpc) is 3.32. The number of hydrogen-bond acceptors (Lipinski definition) is 4. The van der Waals surface area contributed by atoms with Crippen LogP contribution >= 0.6 is 0 Å². The number of carbonyl (C=O) groups is 2. The molecule has 6 N–H and O–H groups in total. The number of amides is 1. The summed E-state index contributed by atoms with van der Waals surface area (Å²) in [7, 11) is 0. The number of anilines is 1. The smallest absolute Gasteiger partial charge is 0.306 e. The van der Waals surface area contributed by atoms with Gasteiger partial charge in [0.2, 0.25) is 5.91 Å². The minimum atomic E-state index is -0.648. The molecule has 3 unspecified atom stereocenters. The third kappa shape index (κ3) is 4.03. The number of carbonyl (C=O) groups excluding carboxylic acids is 1. The number of rotatable bonds is 3. The van der Waals surface area contributed by atoms with Gasteiger partial charge in [0.1, 0.15) is 5.82 Å². The minimum absolute atomic E-state index is 0.0190. The molecule has 0 radical (unpaired) electrons. The van der Waals surface area contributed by atoms with E-state index in [1.165, 1.54) is 22.4 Å². The molecule has 5 aliphatic carbocycles. The largest absolute Gasteiger partial charge is 0.481 e. The molecule has 7 rings (SSSR count). The summed E-state index contributed by atoms with van der Waals surface area (Å²) in [5.41, 5.74) is 18.9. The summed E-state index contributed by atoms with van der Waals surface area (Å²) in [6, 6.07) is 7.93. The molecule has 7 heteroatoms.